The number of rotatable bonds is 6. The lowest BCUT2D eigenvalue weighted by molar-refractivity contribution is -0.115. The third-order valence-corrected chi connectivity index (χ3v) is 3.28. The van der Waals surface area contributed by atoms with Crippen molar-refractivity contribution in [3.05, 3.63) is 36.9 Å². The highest BCUT2D eigenvalue weighted by Crippen LogP contribution is 2.27. The van der Waals surface area contributed by atoms with Gasteiger partial charge < -0.3 is 15.1 Å². The normalized spacial score (nSPS) is 14.2. The van der Waals surface area contributed by atoms with Crippen molar-refractivity contribution >= 4 is 11.6 Å². The van der Waals surface area contributed by atoms with Gasteiger partial charge in [-0.3, -0.25) is 4.79 Å². The van der Waals surface area contributed by atoms with Crippen molar-refractivity contribution in [3.63, 3.8) is 0 Å². The molecule has 1 amide bonds. The monoisotopic (exact) mass is 271 g/mol. The second-order valence-corrected chi connectivity index (χ2v) is 5.07. The molecule has 2 aromatic rings. The highest BCUT2D eigenvalue weighted by molar-refractivity contribution is 5.92. The van der Waals surface area contributed by atoms with Crippen LogP contribution in [0.2, 0.25) is 0 Å². The molecule has 1 fully saturated rings. The van der Waals surface area contributed by atoms with Crippen molar-refractivity contribution < 1.29 is 9.21 Å². The summed E-state index contributed by atoms with van der Waals surface area (Å²) in [6.45, 7) is 1.29. The summed E-state index contributed by atoms with van der Waals surface area (Å²) >= 11 is 0. The fourth-order valence-electron chi connectivity index (χ4n) is 2.03. The Balaban J connectivity index is 1.56. The van der Waals surface area contributed by atoms with Crippen LogP contribution in [-0.2, 0) is 4.79 Å². The minimum Gasteiger partial charge on any atom is -0.444 e. The molecule has 1 aromatic heterocycles. The Morgan fingerprint density at radius 2 is 2.30 bits per heavy atom. The molecular formula is C15H17N3O2. The standard InChI is InChI=1S/C15H17N3O2/c19-15(9-16-7-11-4-5-11)18-13-3-1-2-12(6-13)14-8-17-10-20-14/h1-3,6,8,10-11,16H,4-5,7,9H2,(H,18,19). The van der Waals surface area contributed by atoms with Crippen LogP contribution in [0.1, 0.15) is 12.8 Å². The molecule has 0 bridgehead atoms. The zero-order valence-corrected chi connectivity index (χ0v) is 11.1. The van der Waals surface area contributed by atoms with E-state index in [2.05, 4.69) is 15.6 Å². The van der Waals surface area contributed by atoms with E-state index in [-0.39, 0.29) is 5.91 Å². The van der Waals surface area contributed by atoms with Gasteiger partial charge in [-0.2, -0.15) is 0 Å². The molecular weight excluding hydrogens is 254 g/mol. The molecule has 0 atom stereocenters. The molecule has 1 saturated carbocycles. The Morgan fingerprint density at radius 3 is 3.05 bits per heavy atom. The maximum atomic E-state index is 11.8. The smallest absolute Gasteiger partial charge is 0.238 e. The van der Waals surface area contributed by atoms with Crippen molar-refractivity contribution in [1.82, 2.24) is 10.3 Å². The fraction of sp³-hybridized carbons (Fsp3) is 0.333. The van der Waals surface area contributed by atoms with Gasteiger partial charge in [-0.25, -0.2) is 4.98 Å². The van der Waals surface area contributed by atoms with Crippen molar-refractivity contribution in [3.8, 4) is 11.3 Å². The first-order chi connectivity index (χ1) is 9.81. The van der Waals surface area contributed by atoms with Crippen LogP contribution < -0.4 is 10.6 Å². The van der Waals surface area contributed by atoms with Gasteiger partial charge in [0.2, 0.25) is 5.91 Å². The van der Waals surface area contributed by atoms with Gasteiger partial charge in [0.25, 0.3) is 0 Å². The second kappa shape index (κ2) is 5.88. The van der Waals surface area contributed by atoms with Crippen LogP contribution in [-0.4, -0.2) is 24.0 Å². The van der Waals surface area contributed by atoms with E-state index in [9.17, 15) is 4.79 Å². The SMILES string of the molecule is O=C(CNCC1CC1)Nc1cccc(-c2cnco2)c1. The van der Waals surface area contributed by atoms with E-state index >= 15 is 0 Å². The summed E-state index contributed by atoms with van der Waals surface area (Å²) < 4.78 is 5.24. The zero-order valence-electron chi connectivity index (χ0n) is 11.1. The predicted octanol–water partition coefficient (Wildman–Crippen LogP) is 2.28. The van der Waals surface area contributed by atoms with Crippen LogP contribution >= 0.6 is 0 Å². The summed E-state index contributed by atoms with van der Waals surface area (Å²) in [5.41, 5.74) is 1.66. The lowest BCUT2D eigenvalue weighted by Crippen LogP contribution is -2.29. The van der Waals surface area contributed by atoms with Crippen LogP contribution in [0.25, 0.3) is 11.3 Å². The minimum absolute atomic E-state index is 0.0274. The van der Waals surface area contributed by atoms with Crippen LogP contribution in [0, 0.1) is 5.92 Å². The van der Waals surface area contributed by atoms with E-state index in [1.165, 1.54) is 19.2 Å². The summed E-state index contributed by atoms with van der Waals surface area (Å²) in [7, 11) is 0. The van der Waals surface area contributed by atoms with Gasteiger partial charge in [-0.05, 0) is 37.4 Å². The number of amides is 1. The molecule has 2 N–H and O–H groups in total. The third kappa shape index (κ3) is 3.45. The maximum Gasteiger partial charge on any atom is 0.238 e. The summed E-state index contributed by atoms with van der Waals surface area (Å²) in [5.74, 6) is 1.44. The van der Waals surface area contributed by atoms with Crippen LogP contribution in [0.3, 0.4) is 0 Å². The predicted molar refractivity (Wildman–Crippen MR) is 76.2 cm³/mol. The number of carbonyl (C=O) groups is 1. The number of carbonyl (C=O) groups excluding carboxylic acids is 1. The number of anilines is 1. The summed E-state index contributed by atoms with van der Waals surface area (Å²) in [4.78, 5) is 15.7. The van der Waals surface area contributed by atoms with Gasteiger partial charge in [0, 0.05) is 11.3 Å². The van der Waals surface area contributed by atoms with Crippen molar-refractivity contribution in [2.45, 2.75) is 12.8 Å². The summed E-state index contributed by atoms with van der Waals surface area (Å²) in [6.07, 6.45) is 5.61. The summed E-state index contributed by atoms with van der Waals surface area (Å²) in [5, 5.41) is 6.04. The zero-order chi connectivity index (χ0) is 13.8. The molecule has 0 spiro atoms. The van der Waals surface area contributed by atoms with Gasteiger partial charge in [-0.15, -0.1) is 0 Å². The number of nitrogens with zero attached hydrogens (tertiary/aromatic N) is 1. The average Bonchev–Trinajstić information content (AvgIpc) is 3.10. The molecule has 0 aliphatic heterocycles. The molecule has 0 saturated heterocycles. The largest absolute Gasteiger partial charge is 0.444 e. The minimum atomic E-state index is -0.0274. The molecule has 0 radical (unpaired) electrons. The Hall–Kier alpha value is -2.14. The molecule has 1 aliphatic carbocycles. The van der Waals surface area contributed by atoms with E-state index in [4.69, 9.17) is 4.42 Å². The van der Waals surface area contributed by atoms with Gasteiger partial charge in [0.1, 0.15) is 0 Å². The number of hydrogen-bond donors (Lipinski definition) is 2. The van der Waals surface area contributed by atoms with Gasteiger partial charge in [0.15, 0.2) is 12.2 Å². The first kappa shape index (κ1) is 12.9. The lowest BCUT2D eigenvalue weighted by atomic mass is 10.1. The molecule has 20 heavy (non-hydrogen) atoms. The van der Waals surface area contributed by atoms with Crippen LogP contribution in [0.4, 0.5) is 5.69 Å². The quantitative estimate of drug-likeness (QED) is 0.846. The van der Waals surface area contributed by atoms with Crippen LogP contribution in [0.5, 0.6) is 0 Å². The Morgan fingerprint density at radius 1 is 1.40 bits per heavy atom. The molecule has 5 heteroatoms. The van der Waals surface area contributed by atoms with Crippen molar-refractivity contribution in [2.75, 3.05) is 18.4 Å². The lowest BCUT2D eigenvalue weighted by Gasteiger charge is -2.07. The molecule has 0 unspecified atom stereocenters. The maximum absolute atomic E-state index is 11.8. The number of hydrogen-bond acceptors (Lipinski definition) is 4. The van der Waals surface area contributed by atoms with Crippen LogP contribution in [0.15, 0.2) is 41.3 Å². The Kier molecular flexibility index (Phi) is 3.78. The Labute approximate surface area is 117 Å². The molecule has 1 heterocycles. The van der Waals surface area contributed by atoms with Crippen molar-refractivity contribution in [1.29, 1.82) is 0 Å². The molecule has 3 rings (SSSR count). The number of nitrogens with one attached hydrogen (secondary N) is 2. The highest BCUT2D eigenvalue weighted by Gasteiger charge is 2.20. The topological polar surface area (TPSA) is 67.2 Å². The molecule has 104 valence electrons. The van der Waals surface area contributed by atoms with Gasteiger partial charge in [-0.1, -0.05) is 12.1 Å². The second-order valence-electron chi connectivity index (χ2n) is 5.07. The Bertz CT molecular complexity index is 577. The van der Waals surface area contributed by atoms with E-state index in [0.717, 1.165) is 23.7 Å². The van der Waals surface area contributed by atoms with E-state index in [1.807, 2.05) is 24.3 Å². The molecule has 5 nitrogen and oxygen atoms in total. The molecule has 1 aromatic carbocycles. The average molecular weight is 271 g/mol. The van der Waals surface area contributed by atoms with Crippen molar-refractivity contribution in [2.24, 2.45) is 5.92 Å². The molecule has 1 aliphatic rings. The fourth-order valence-corrected chi connectivity index (χ4v) is 2.03. The van der Waals surface area contributed by atoms with E-state index < -0.39 is 0 Å². The number of aromatic nitrogens is 1. The summed E-state index contributed by atoms with van der Waals surface area (Å²) in [6, 6.07) is 7.53. The number of benzene rings is 1. The van der Waals surface area contributed by atoms with Gasteiger partial charge >= 0.3 is 0 Å². The van der Waals surface area contributed by atoms with Gasteiger partial charge in [0.05, 0.1) is 12.7 Å². The first-order valence-corrected chi connectivity index (χ1v) is 6.81. The van der Waals surface area contributed by atoms with E-state index in [1.54, 1.807) is 6.20 Å². The number of oxazole rings is 1. The third-order valence-electron chi connectivity index (χ3n) is 3.28. The highest BCUT2D eigenvalue weighted by atomic mass is 16.3. The first-order valence-electron chi connectivity index (χ1n) is 6.81. The van der Waals surface area contributed by atoms with E-state index in [0.29, 0.717) is 12.3 Å².